The molecule has 1 aromatic rings. The summed E-state index contributed by atoms with van der Waals surface area (Å²) in [5.41, 5.74) is -1.26. The van der Waals surface area contributed by atoms with E-state index in [1.165, 1.54) is 0 Å². The highest BCUT2D eigenvalue weighted by Crippen LogP contribution is 2.31. The van der Waals surface area contributed by atoms with Crippen molar-refractivity contribution >= 4 is 11.6 Å². The van der Waals surface area contributed by atoms with Gasteiger partial charge in [0.25, 0.3) is 0 Å². The monoisotopic (exact) mass is 290 g/mol. The van der Waals surface area contributed by atoms with Gasteiger partial charge in [-0.1, -0.05) is 0 Å². The van der Waals surface area contributed by atoms with E-state index in [2.05, 4.69) is 5.32 Å². The SMILES string of the molecule is O=C(CNc1cc(C(F)(F)F)ccc1F)N1CCCC1. The van der Waals surface area contributed by atoms with Gasteiger partial charge < -0.3 is 10.2 Å². The number of nitrogens with one attached hydrogen (secondary N) is 1. The van der Waals surface area contributed by atoms with Gasteiger partial charge >= 0.3 is 6.18 Å². The first-order valence-electron chi connectivity index (χ1n) is 6.26. The Labute approximate surface area is 113 Å². The molecule has 1 saturated heterocycles. The molecule has 0 saturated carbocycles. The minimum Gasteiger partial charge on any atom is -0.374 e. The van der Waals surface area contributed by atoms with Gasteiger partial charge in [-0.2, -0.15) is 13.2 Å². The van der Waals surface area contributed by atoms with Crippen LogP contribution in [0.25, 0.3) is 0 Å². The van der Waals surface area contributed by atoms with E-state index in [1.54, 1.807) is 4.90 Å². The normalized spacial score (nSPS) is 15.5. The summed E-state index contributed by atoms with van der Waals surface area (Å²) >= 11 is 0. The minimum atomic E-state index is -4.54. The lowest BCUT2D eigenvalue weighted by molar-refractivity contribution is -0.137. The number of amides is 1. The Morgan fingerprint density at radius 1 is 1.25 bits per heavy atom. The first-order chi connectivity index (χ1) is 9.38. The smallest absolute Gasteiger partial charge is 0.374 e. The second kappa shape index (κ2) is 5.68. The number of halogens is 4. The zero-order chi connectivity index (χ0) is 14.8. The summed E-state index contributed by atoms with van der Waals surface area (Å²) < 4.78 is 51.0. The van der Waals surface area contributed by atoms with Gasteiger partial charge in [0.1, 0.15) is 5.82 Å². The molecule has 1 amide bonds. The summed E-state index contributed by atoms with van der Waals surface area (Å²) in [6.45, 7) is 1.08. The Bertz CT molecular complexity index is 496. The molecule has 1 aromatic carbocycles. The van der Waals surface area contributed by atoms with E-state index in [9.17, 15) is 22.4 Å². The molecular weight excluding hydrogens is 276 g/mol. The van der Waals surface area contributed by atoms with Crippen LogP contribution in [0.5, 0.6) is 0 Å². The average molecular weight is 290 g/mol. The van der Waals surface area contributed by atoms with Crippen LogP contribution in [0.3, 0.4) is 0 Å². The van der Waals surface area contributed by atoms with E-state index in [1.807, 2.05) is 0 Å². The average Bonchev–Trinajstić information content (AvgIpc) is 2.90. The first kappa shape index (κ1) is 14.6. The Morgan fingerprint density at radius 3 is 2.50 bits per heavy atom. The van der Waals surface area contributed by atoms with Crippen molar-refractivity contribution in [2.24, 2.45) is 0 Å². The third kappa shape index (κ3) is 3.40. The molecule has 1 N–H and O–H groups in total. The number of likely N-dealkylation sites (tertiary alicyclic amines) is 1. The number of carbonyl (C=O) groups excluding carboxylic acids is 1. The lowest BCUT2D eigenvalue weighted by Gasteiger charge is -2.16. The first-order valence-corrected chi connectivity index (χ1v) is 6.26. The van der Waals surface area contributed by atoms with Gasteiger partial charge in [0.15, 0.2) is 0 Å². The highest BCUT2D eigenvalue weighted by molar-refractivity contribution is 5.81. The highest BCUT2D eigenvalue weighted by Gasteiger charge is 2.31. The second-order valence-corrected chi connectivity index (χ2v) is 4.63. The van der Waals surface area contributed by atoms with Crippen molar-refractivity contribution in [2.45, 2.75) is 19.0 Å². The van der Waals surface area contributed by atoms with Crippen LogP contribution in [0, 0.1) is 5.82 Å². The van der Waals surface area contributed by atoms with Gasteiger partial charge in [0.2, 0.25) is 5.91 Å². The van der Waals surface area contributed by atoms with E-state index in [4.69, 9.17) is 0 Å². The maximum Gasteiger partial charge on any atom is 0.416 e. The molecule has 1 heterocycles. The Balaban J connectivity index is 2.03. The lowest BCUT2D eigenvalue weighted by atomic mass is 10.2. The molecule has 0 radical (unpaired) electrons. The number of anilines is 1. The Morgan fingerprint density at radius 2 is 1.90 bits per heavy atom. The fourth-order valence-corrected chi connectivity index (χ4v) is 2.09. The summed E-state index contributed by atoms with van der Waals surface area (Å²) in [7, 11) is 0. The molecule has 0 bridgehead atoms. The molecule has 0 aliphatic carbocycles. The standard InChI is InChI=1S/C13H14F4N2O/c14-10-4-3-9(13(15,16)17)7-11(10)18-8-12(20)19-5-1-2-6-19/h3-4,7,18H,1-2,5-6,8H2. The van der Waals surface area contributed by atoms with Gasteiger partial charge in [-0.3, -0.25) is 4.79 Å². The predicted octanol–water partition coefficient (Wildman–Crippen LogP) is 2.88. The number of benzene rings is 1. The maximum absolute atomic E-state index is 13.4. The molecule has 0 spiro atoms. The molecule has 1 aliphatic rings. The maximum atomic E-state index is 13.4. The lowest BCUT2D eigenvalue weighted by Crippen LogP contribution is -2.33. The van der Waals surface area contributed by atoms with Crippen molar-refractivity contribution < 1.29 is 22.4 Å². The molecule has 7 heteroatoms. The van der Waals surface area contributed by atoms with Crippen molar-refractivity contribution in [3.8, 4) is 0 Å². The van der Waals surface area contributed by atoms with Gasteiger partial charge in [-0.05, 0) is 31.0 Å². The van der Waals surface area contributed by atoms with Crippen molar-refractivity contribution in [3.63, 3.8) is 0 Å². The number of rotatable bonds is 3. The number of carbonyl (C=O) groups is 1. The van der Waals surface area contributed by atoms with Crippen LogP contribution in [0.1, 0.15) is 18.4 Å². The van der Waals surface area contributed by atoms with Crippen LogP contribution in [-0.2, 0) is 11.0 Å². The molecule has 3 nitrogen and oxygen atoms in total. The number of hydrogen-bond acceptors (Lipinski definition) is 2. The number of nitrogens with zero attached hydrogens (tertiary/aromatic N) is 1. The molecule has 0 unspecified atom stereocenters. The van der Waals surface area contributed by atoms with Crippen molar-refractivity contribution in [3.05, 3.63) is 29.6 Å². The fourth-order valence-electron chi connectivity index (χ4n) is 2.09. The molecule has 0 aromatic heterocycles. The van der Waals surface area contributed by atoms with Crippen LogP contribution >= 0.6 is 0 Å². The van der Waals surface area contributed by atoms with Crippen molar-refractivity contribution in [1.82, 2.24) is 4.90 Å². The Hall–Kier alpha value is -1.79. The summed E-state index contributed by atoms with van der Waals surface area (Å²) in [6.07, 6.45) is -2.70. The van der Waals surface area contributed by atoms with Gasteiger partial charge in [-0.15, -0.1) is 0 Å². The zero-order valence-electron chi connectivity index (χ0n) is 10.6. The van der Waals surface area contributed by atoms with Crippen molar-refractivity contribution in [2.75, 3.05) is 25.0 Å². The van der Waals surface area contributed by atoms with E-state index >= 15 is 0 Å². The summed E-state index contributed by atoms with van der Waals surface area (Å²) in [4.78, 5) is 13.3. The molecule has 0 atom stereocenters. The van der Waals surface area contributed by atoms with E-state index < -0.39 is 17.6 Å². The number of alkyl halides is 3. The molecular formula is C13H14F4N2O. The highest BCUT2D eigenvalue weighted by atomic mass is 19.4. The van der Waals surface area contributed by atoms with Crippen LogP contribution in [0.4, 0.5) is 23.2 Å². The summed E-state index contributed by atoms with van der Waals surface area (Å²) in [5, 5.41) is 2.44. The number of hydrogen-bond donors (Lipinski definition) is 1. The van der Waals surface area contributed by atoms with Crippen LogP contribution in [0.2, 0.25) is 0 Å². The van der Waals surface area contributed by atoms with Gasteiger partial charge in [0.05, 0.1) is 17.8 Å². The molecule has 1 aliphatic heterocycles. The van der Waals surface area contributed by atoms with Crippen LogP contribution in [0.15, 0.2) is 18.2 Å². The van der Waals surface area contributed by atoms with Crippen LogP contribution in [-0.4, -0.2) is 30.4 Å². The molecule has 110 valence electrons. The van der Waals surface area contributed by atoms with Gasteiger partial charge in [-0.25, -0.2) is 4.39 Å². The molecule has 20 heavy (non-hydrogen) atoms. The topological polar surface area (TPSA) is 32.3 Å². The van der Waals surface area contributed by atoms with Crippen LogP contribution < -0.4 is 5.32 Å². The second-order valence-electron chi connectivity index (χ2n) is 4.63. The summed E-state index contributed by atoms with van der Waals surface area (Å²) in [6, 6.07) is 2.08. The molecule has 1 fully saturated rings. The quantitative estimate of drug-likeness (QED) is 0.868. The third-order valence-corrected chi connectivity index (χ3v) is 3.18. The van der Waals surface area contributed by atoms with Gasteiger partial charge in [0, 0.05) is 13.1 Å². The Kier molecular flexibility index (Phi) is 4.15. The van der Waals surface area contributed by atoms with E-state index in [0.717, 1.165) is 18.9 Å². The van der Waals surface area contributed by atoms with E-state index in [-0.39, 0.29) is 18.1 Å². The third-order valence-electron chi connectivity index (χ3n) is 3.18. The van der Waals surface area contributed by atoms with Crippen molar-refractivity contribution in [1.29, 1.82) is 0 Å². The summed E-state index contributed by atoms with van der Waals surface area (Å²) in [5.74, 6) is -1.05. The largest absolute Gasteiger partial charge is 0.416 e. The fraction of sp³-hybridized carbons (Fsp3) is 0.462. The predicted molar refractivity (Wildman–Crippen MR) is 65.7 cm³/mol. The minimum absolute atomic E-state index is 0.210. The zero-order valence-corrected chi connectivity index (χ0v) is 10.6. The van der Waals surface area contributed by atoms with E-state index in [0.29, 0.717) is 25.2 Å². The molecule has 2 rings (SSSR count).